The lowest BCUT2D eigenvalue weighted by molar-refractivity contribution is -0.138. The third kappa shape index (κ3) is 3.71. The fraction of sp³-hybridized carbons (Fsp3) is 0.458. The molecule has 2 aliphatic rings. The summed E-state index contributed by atoms with van der Waals surface area (Å²) < 4.78 is 42.5. The van der Waals surface area contributed by atoms with Crippen LogP contribution in [-0.2, 0) is 11.7 Å². The molecule has 1 N–H and O–H groups in total. The van der Waals surface area contributed by atoms with Crippen molar-refractivity contribution in [1.29, 1.82) is 0 Å². The SMILES string of the molecule is Cc1nc(N[C@H](C)c2cccc(C(F)(F)F)c2C)c2cn(C34CCN(CC3)C4)c(=O)c(Br)c2n1. The molecule has 2 aromatic heterocycles. The first-order valence-corrected chi connectivity index (χ1v) is 12.0. The molecule has 1 aromatic carbocycles. The first kappa shape index (κ1) is 23.3. The van der Waals surface area contributed by atoms with Crippen LogP contribution >= 0.6 is 15.9 Å². The van der Waals surface area contributed by atoms with Crippen LogP contribution in [0.3, 0.4) is 0 Å². The Hall–Kier alpha value is -2.46. The summed E-state index contributed by atoms with van der Waals surface area (Å²) in [7, 11) is 0. The number of hydrogen-bond donors (Lipinski definition) is 1. The number of rotatable bonds is 4. The highest BCUT2D eigenvalue weighted by Gasteiger charge is 2.46. The van der Waals surface area contributed by atoms with E-state index in [-0.39, 0.29) is 16.7 Å². The first-order chi connectivity index (χ1) is 16.0. The monoisotopic (exact) mass is 535 g/mol. The van der Waals surface area contributed by atoms with Gasteiger partial charge in [0, 0.05) is 25.8 Å². The van der Waals surface area contributed by atoms with E-state index in [9.17, 15) is 18.0 Å². The molecule has 180 valence electrons. The molecule has 0 amide bonds. The number of nitrogens with one attached hydrogen (secondary N) is 1. The minimum Gasteiger partial charge on any atom is -0.363 e. The lowest BCUT2D eigenvalue weighted by Gasteiger charge is -2.29. The van der Waals surface area contributed by atoms with Crippen molar-refractivity contribution in [2.24, 2.45) is 0 Å². The summed E-state index contributed by atoms with van der Waals surface area (Å²) in [6.07, 6.45) is -0.792. The summed E-state index contributed by atoms with van der Waals surface area (Å²) in [4.78, 5) is 24.7. The lowest BCUT2D eigenvalue weighted by Crippen LogP contribution is -2.40. The molecule has 4 heterocycles. The topological polar surface area (TPSA) is 63.1 Å². The number of piperidine rings is 1. The van der Waals surface area contributed by atoms with Gasteiger partial charge in [0.1, 0.15) is 16.1 Å². The number of hydrogen-bond acceptors (Lipinski definition) is 5. The molecule has 3 aromatic rings. The Bertz CT molecular complexity index is 1350. The van der Waals surface area contributed by atoms with E-state index < -0.39 is 17.8 Å². The second-order valence-electron chi connectivity index (χ2n) is 9.38. The molecule has 2 aliphatic heterocycles. The van der Waals surface area contributed by atoms with Crippen molar-refractivity contribution in [3.8, 4) is 0 Å². The molecule has 2 saturated heterocycles. The van der Waals surface area contributed by atoms with Gasteiger partial charge in [0.05, 0.1) is 28.0 Å². The Morgan fingerprint density at radius 2 is 1.88 bits per heavy atom. The van der Waals surface area contributed by atoms with Crippen molar-refractivity contribution < 1.29 is 13.2 Å². The van der Waals surface area contributed by atoms with E-state index in [2.05, 4.69) is 36.1 Å². The van der Waals surface area contributed by atoms with Gasteiger partial charge in [-0.25, -0.2) is 9.97 Å². The zero-order chi connectivity index (χ0) is 24.4. The van der Waals surface area contributed by atoms with Crippen LogP contribution in [0.1, 0.15) is 48.3 Å². The number of anilines is 1. The molecule has 10 heteroatoms. The molecule has 2 fully saturated rings. The van der Waals surface area contributed by atoms with Crippen LogP contribution in [0.15, 0.2) is 33.7 Å². The van der Waals surface area contributed by atoms with Crippen LogP contribution in [0.4, 0.5) is 19.0 Å². The Kier molecular flexibility index (Phi) is 5.51. The molecule has 1 atom stereocenters. The van der Waals surface area contributed by atoms with E-state index in [1.807, 2.05) is 10.8 Å². The van der Waals surface area contributed by atoms with Gasteiger partial charge < -0.3 is 14.8 Å². The Balaban J connectivity index is 1.61. The van der Waals surface area contributed by atoms with Crippen LogP contribution in [0, 0.1) is 13.8 Å². The first-order valence-electron chi connectivity index (χ1n) is 11.3. The minimum absolute atomic E-state index is 0.123. The molecule has 6 nitrogen and oxygen atoms in total. The maximum absolute atomic E-state index is 13.4. The Morgan fingerprint density at radius 3 is 2.50 bits per heavy atom. The molecule has 0 aliphatic carbocycles. The van der Waals surface area contributed by atoms with Gasteiger partial charge >= 0.3 is 6.18 Å². The van der Waals surface area contributed by atoms with E-state index in [0.29, 0.717) is 32.6 Å². The molecule has 0 radical (unpaired) electrons. The molecule has 5 rings (SSSR count). The summed E-state index contributed by atoms with van der Waals surface area (Å²) in [6, 6.07) is 3.75. The van der Waals surface area contributed by atoms with E-state index in [4.69, 9.17) is 0 Å². The number of benzene rings is 1. The van der Waals surface area contributed by atoms with E-state index in [1.54, 1.807) is 19.9 Å². The van der Waals surface area contributed by atoms with Gasteiger partial charge in [-0.2, -0.15) is 13.2 Å². The highest BCUT2D eigenvalue weighted by atomic mass is 79.9. The third-order valence-electron chi connectivity index (χ3n) is 7.25. The summed E-state index contributed by atoms with van der Waals surface area (Å²) >= 11 is 3.48. The minimum atomic E-state index is -4.42. The Morgan fingerprint density at radius 1 is 1.18 bits per heavy atom. The van der Waals surface area contributed by atoms with Gasteiger partial charge in [-0.3, -0.25) is 4.79 Å². The number of halogens is 4. The van der Waals surface area contributed by atoms with Crippen LogP contribution in [0.2, 0.25) is 0 Å². The maximum atomic E-state index is 13.4. The van der Waals surface area contributed by atoms with E-state index in [0.717, 1.165) is 38.5 Å². The average molecular weight is 536 g/mol. The van der Waals surface area contributed by atoms with Crippen LogP contribution in [-0.4, -0.2) is 39.1 Å². The van der Waals surface area contributed by atoms with Gasteiger partial charge in [0.25, 0.3) is 5.56 Å². The number of fused-ring (bicyclic) bond motifs is 3. The van der Waals surface area contributed by atoms with Crippen molar-refractivity contribution in [2.75, 3.05) is 25.0 Å². The van der Waals surface area contributed by atoms with E-state index in [1.165, 1.54) is 13.0 Å². The fourth-order valence-corrected chi connectivity index (χ4v) is 5.95. The fourth-order valence-electron chi connectivity index (χ4n) is 5.46. The largest absolute Gasteiger partial charge is 0.416 e. The number of aromatic nitrogens is 3. The van der Waals surface area contributed by atoms with Crippen molar-refractivity contribution in [3.05, 3.63) is 61.7 Å². The predicted octanol–water partition coefficient (Wildman–Crippen LogP) is 5.17. The molecular weight excluding hydrogens is 511 g/mol. The highest BCUT2D eigenvalue weighted by molar-refractivity contribution is 9.10. The molecule has 0 unspecified atom stereocenters. The number of aryl methyl sites for hydroxylation is 1. The maximum Gasteiger partial charge on any atom is 0.416 e. The molecule has 34 heavy (non-hydrogen) atoms. The average Bonchev–Trinajstić information content (AvgIpc) is 3.38. The zero-order valence-electron chi connectivity index (χ0n) is 19.1. The van der Waals surface area contributed by atoms with Crippen molar-refractivity contribution in [2.45, 2.75) is 51.4 Å². The quantitative estimate of drug-likeness (QED) is 0.499. The summed E-state index contributed by atoms with van der Waals surface area (Å²) in [5, 5.41) is 3.96. The van der Waals surface area contributed by atoms with Crippen molar-refractivity contribution in [1.82, 2.24) is 19.4 Å². The second kappa shape index (κ2) is 8.05. The standard InChI is InChI=1S/C24H25BrF3N5O/c1-13-16(5-4-6-18(13)24(26,27)28)14(2)29-21-17-11-33(23-7-9-32(12-23)10-8-23)22(34)19(25)20(17)30-15(3)31-21/h4-6,11,14H,7-10,12H2,1-3H3,(H,29,30,31)/t14-/m1/s1. The van der Waals surface area contributed by atoms with Gasteiger partial charge in [0.2, 0.25) is 0 Å². The van der Waals surface area contributed by atoms with E-state index >= 15 is 0 Å². The van der Waals surface area contributed by atoms with Crippen molar-refractivity contribution in [3.63, 3.8) is 0 Å². The summed E-state index contributed by atoms with van der Waals surface area (Å²) in [5.41, 5.74) is 0.186. The van der Waals surface area contributed by atoms with Crippen LogP contribution in [0.25, 0.3) is 10.9 Å². The van der Waals surface area contributed by atoms with Crippen LogP contribution < -0.4 is 10.9 Å². The lowest BCUT2D eigenvalue weighted by atomic mass is 9.94. The van der Waals surface area contributed by atoms with Gasteiger partial charge in [-0.05, 0) is 66.7 Å². The van der Waals surface area contributed by atoms with Crippen molar-refractivity contribution >= 4 is 32.7 Å². The third-order valence-corrected chi connectivity index (χ3v) is 7.96. The summed E-state index contributed by atoms with van der Waals surface area (Å²) in [6.45, 7) is 7.78. The Labute approximate surface area is 203 Å². The van der Waals surface area contributed by atoms with Gasteiger partial charge in [-0.15, -0.1) is 0 Å². The zero-order valence-corrected chi connectivity index (χ0v) is 20.7. The highest BCUT2D eigenvalue weighted by Crippen LogP contribution is 2.40. The van der Waals surface area contributed by atoms with Crippen LogP contribution in [0.5, 0.6) is 0 Å². The predicted molar refractivity (Wildman–Crippen MR) is 128 cm³/mol. The number of alkyl halides is 3. The molecule has 0 saturated carbocycles. The summed E-state index contributed by atoms with van der Waals surface area (Å²) in [5.74, 6) is 0.956. The molecular formula is C24H25BrF3N5O. The number of pyridine rings is 1. The molecule has 0 spiro atoms. The number of nitrogens with zero attached hydrogens (tertiary/aromatic N) is 4. The van der Waals surface area contributed by atoms with Gasteiger partial charge in [0.15, 0.2) is 0 Å². The van der Waals surface area contributed by atoms with Gasteiger partial charge in [-0.1, -0.05) is 12.1 Å². The smallest absolute Gasteiger partial charge is 0.363 e. The molecule has 2 bridgehead atoms. The normalized spacial score (nSPS) is 23.0. The second-order valence-corrected chi connectivity index (χ2v) is 10.2.